The van der Waals surface area contributed by atoms with Crippen molar-refractivity contribution in [3.8, 4) is 0 Å². The number of nitrogens with two attached hydrogens (primary N) is 1. The Morgan fingerprint density at radius 1 is 1.35 bits per heavy atom. The number of aliphatic imine (C=N–C) groups is 1. The topological polar surface area (TPSA) is 98.0 Å². The van der Waals surface area contributed by atoms with Crippen molar-refractivity contribution in [2.75, 3.05) is 40.0 Å². The van der Waals surface area contributed by atoms with Gasteiger partial charge in [0, 0.05) is 52.1 Å². The Hall–Kier alpha value is -2.12. The summed E-state index contributed by atoms with van der Waals surface area (Å²) in [4.78, 5) is 15.4. The molecule has 1 aliphatic rings. The van der Waals surface area contributed by atoms with E-state index >= 15 is 0 Å². The first-order valence-corrected chi connectivity index (χ1v) is 9.18. The van der Waals surface area contributed by atoms with Gasteiger partial charge in [0.05, 0.1) is 0 Å². The number of amides is 1. The summed E-state index contributed by atoms with van der Waals surface area (Å²) in [5, 5.41) is 6.49. The number of carbonyl (C=O) groups excluding carboxylic acids is 1. The van der Waals surface area contributed by atoms with Crippen LogP contribution in [-0.4, -0.2) is 51.9 Å². The van der Waals surface area contributed by atoms with Gasteiger partial charge >= 0.3 is 0 Å². The summed E-state index contributed by atoms with van der Waals surface area (Å²) in [7, 11) is 1.73. The molecule has 1 fully saturated rings. The Morgan fingerprint density at radius 3 is 2.88 bits per heavy atom. The molecule has 26 heavy (non-hydrogen) atoms. The van der Waals surface area contributed by atoms with Crippen molar-refractivity contribution in [2.45, 2.75) is 25.8 Å². The van der Waals surface area contributed by atoms with E-state index in [2.05, 4.69) is 15.6 Å². The molecule has 0 unspecified atom stereocenters. The Morgan fingerprint density at radius 2 is 2.15 bits per heavy atom. The van der Waals surface area contributed by atoms with Crippen LogP contribution >= 0.6 is 0 Å². The molecule has 0 atom stereocenters. The van der Waals surface area contributed by atoms with Crippen LogP contribution in [0.4, 0.5) is 0 Å². The van der Waals surface area contributed by atoms with Crippen molar-refractivity contribution in [1.29, 1.82) is 0 Å². The fourth-order valence-corrected chi connectivity index (χ4v) is 2.79. The molecule has 4 N–H and O–H groups in total. The second kappa shape index (κ2) is 11.5. The van der Waals surface area contributed by atoms with Crippen molar-refractivity contribution in [3.05, 3.63) is 35.4 Å². The molecule has 1 aromatic rings. The van der Waals surface area contributed by atoms with Crippen LogP contribution in [0.2, 0.25) is 0 Å². The SMILES string of the molecule is CN=C(NCCCOCC1CCOCC1)NCc1cccc(C(N)=O)c1. The molecule has 0 radical (unpaired) electrons. The van der Waals surface area contributed by atoms with Gasteiger partial charge in [0.2, 0.25) is 5.91 Å². The standard InChI is InChI=1S/C19H30N4O3/c1-21-19(23-13-16-4-2-5-17(12-16)18(20)24)22-8-3-9-26-14-15-6-10-25-11-7-15/h2,4-5,12,15H,3,6-11,13-14H2,1H3,(H2,20,24)(H2,21,22,23). The zero-order valence-electron chi connectivity index (χ0n) is 15.5. The van der Waals surface area contributed by atoms with Crippen LogP contribution in [0.25, 0.3) is 0 Å². The van der Waals surface area contributed by atoms with Crippen LogP contribution in [0.15, 0.2) is 29.3 Å². The molecule has 0 saturated carbocycles. The molecule has 1 saturated heterocycles. The fourth-order valence-electron chi connectivity index (χ4n) is 2.79. The summed E-state index contributed by atoms with van der Waals surface area (Å²) >= 11 is 0. The van der Waals surface area contributed by atoms with Gasteiger partial charge in [-0.3, -0.25) is 9.79 Å². The maximum atomic E-state index is 11.2. The highest BCUT2D eigenvalue weighted by atomic mass is 16.5. The fraction of sp³-hybridized carbons (Fsp3) is 0.579. The van der Waals surface area contributed by atoms with Gasteiger partial charge in [-0.1, -0.05) is 12.1 Å². The predicted octanol–water partition coefficient (Wildman–Crippen LogP) is 1.28. The van der Waals surface area contributed by atoms with Crippen molar-refractivity contribution in [1.82, 2.24) is 10.6 Å². The van der Waals surface area contributed by atoms with Crippen LogP contribution in [0.5, 0.6) is 0 Å². The van der Waals surface area contributed by atoms with Gasteiger partial charge in [0.25, 0.3) is 0 Å². The smallest absolute Gasteiger partial charge is 0.248 e. The van der Waals surface area contributed by atoms with E-state index in [0.717, 1.165) is 63.8 Å². The lowest BCUT2D eigenvalue weighted by atomic mass is 10.0. The van der Waals surface area contributed by atoms with Gasteiger partial charge in [-0.2, -0.15) is 0 Å². The van der Waals surface area contributed by atoms with Crippen molar-refractivity contribution < 1.29 is 14.3 Å². The first-order chi connectivity index (χ1) is 12.7. The van der Waals surface area contributed by atoms with Crippen LogP contribution in [0.3, 0.4) is 0 Å². The van der Waals surface area contributed by atoms with E-state index < -0.39 is 5.91 Å². The molecular formula is C19H30N4O3. The molecule has 1 heterocycles. The third-order valence-corrected chi connectivity index (χ3v) is 4.35. The molecule has 0 spiro atoms. The summed E-state index contributed by atoms with van der Waals surface area (Å²) in [6.07, 6.45) is 3.12. The van der Waals surface area contributed by atoms with Crippen LogP contribution in [0, 0.1) is 5.92 Å². The van der Waals surface area contributed by atoms with Crippen molar-refractivity contribution in [3.63, 3.8) is 0 Å². The molecule has 1 aromatic carbocycles. The normalized spacial score (nSPS) is 15.7. The molecule has 0 aliphatic carbocycles. The minimum absolute atomic E-state index is 0.421. The number of guanidine groups is 1. The average molecular weight is 362 g/mol. The van der Waals surface area contributed by atoms with Gasteiger partial charge in [-0.05, 0) is 42.9 Å². The van der Waals surface area contributed by atoms with Gasteiger partial charge in [-0.15, -0.1) is 0 Å². The predicted molar refractivity (Wildman–Crippen MR) is 102 cm³/mol. The number of hydrogen-bond acceptors (Lipinski definition) is 4. The van der Waals surface area contributed by atoms with Gasteiger partial charge in [0.15, 0.2) is 5.96 Å². The maximum absolute atomic E-state index is 11.2. The summed E-state index contributed by atoms with van der Waals surface area (Å²) in [5.74, 6) is 0.941. The van der Waals surface area contributed by atoms with Gasteiger partial charge < -0.3 is 25.8 Å². The molecule has 0 bridgehead atoms. The first-order valence-electron chi connectivity index (χ1n) is 9.18. The molecule has 144 valence electrons. The van der Waals surface area contributed by atoms with Crippen molar-refractivity contribution in [2.24, 2.45) is 16.6 Å². The van der Waals surface area contributed by atoms with Crippen LogP contribution < -0.4 is 16.4 Å². The minimum Gasteiger partial charge on any atom is -0.381 e. The average Bonchev–Trinajstić information content (AvgIpc) is 2.68. The minimum atomic E-state index is -0.421. The second-order valence-corrected chi connectivity index (χ2v) is 6.40. The molecule has 1 amide bonds. The highest BCUT2D eigenvalue weighted by Crippen LogP contribution is 2.14. The Kier molecular flexibility index (Phi) is 8.92. The van der Waals surface area contributed by atoms with E-state index in [0.29, 0.717) is 18.0 Å². The molecule has 7 heteroatoms. The first kappa shape index (κ1) is 20.2. The lowest BCUT2D eigenvalue weighted by molar-refractivity contribution is 0.0203. The number of benzene rings is 1. The summed E-state index contributed by atoms with van der Waals surface area (Å²) < 4.78 is 11.1. The monoisotopic (exact) mass is 362 g/mol. The Balaban J connectivity index is 1.59. The van der Waals surface area contributed by atoms with Crippen LogP contribution in [0.1, 0.15) is 35.2 Å². The van der Waals surface area contributed by atoms with E-state index in [9.17, 15) is 4.79 Å². The van der Waals surface area contributed by atoms with Crippen molar-refractivity contribution >= 4 is 11.9 Å². The number of rotatable bonds is 9. The number of nitrogens with zero attached hydrogens (tertiary/aromatic N) is 1. The quantitative estimate of drug-likeness (QED) is 0.349. The largest absolute Gasteiger partial charge is 0.381 e. The lowest BCUT2D eigenvalue weighted by Crippen LogP contribution is -2.37. The zero-order chi connectivity index (χ0) is 18.6. The number of hydrogen-bond donors (Lipinski definition) is 3. The Labute approximate surface area is 155 Å². The Bertz CT molecular complexity index is 586. The zero-order valence-corrected chi connectivity index (χ0v) is 15.5. The van der Waals surface area contributed by atoms with E-state index in [4.69, 9.17) is 15.2 Å². The molecule has 2 rings (SSSR count). The van der Waals surface area contributed by atoms with E-state index in [-0.39, 0.29) is 0 Å². The van der Waals surface area contributed by atoms with Gasteiger partial charge in [-0.25, -0.2) is 0 Å². The number of ether oxygens (including phenoxy) is 2. The van der Waals surface area contributed by atoms with Crippen LogP contribution in [-0.2, 0) is 16.0 Å². The second-order valence-electron chi connectivity index (χ2n) is 6.40. The number of primary amides is 1. The third-order valence-electron chi connectivity index (χ3n) is 4.35. The van der Waals surface area contributed by atoms with E-state index in [1.165, 1.54) is 0 Å². The number of nitrogens with one attached hydrogen (secondary N) is 2. The summed E-state index contributed by atoms with van der Waals surface area (Å²) in [5.41, 5.74) is 6.79. The third kappa shape index (κ3) is 7.41. The number of carbonyl (C=O) groups is 1. The molecule has 0 aromatic heterocycles. The lowest BCUT2D eigenvalue weighted by Gasteiger charge is -2.21. The maximum Gasteiger partial charge on any atom is 0.248 e. The van der Waals surface area contributed by atoms with Gasteiger partial charge in [0.1, 0.15) is 0 Å². The highest BCUT2D eigenvalue weighted by Gasteiger charge is 2.13. The summed E-state index contributed by atoms with van der Waals surface area (Å²) in [6, 6.07) is 7.26. The summed E-state index contributed by atoms with van der Waals surface area (Å²) in [6.45, 7) is 4.64. The molecule has 1 aliphatic heterocycles. The molecule has 7 nitrogen and oxygen atoms in total. The molecular weight excluding hydrogens is 332 g/mol. The van der Waals surface area contributed by atoms with E-state index in [1.807, 2.05) is 12.1 Å². The highest BCUT2D eigenvalue weighted by molar-refractivity contribution is 5.92. The van der Waals surface area contributed by atoms with E-state index in [1.54, 1.807) is 19.2 Å².